The number of pyridine rings is 1. The van der Waals surface area contributed by atoms with Gasteiger partial charge in [0.25, 0.3) is 5.91 Å². The van der Waals surface area contributed by atoms with E-state index in [4.69, 9.17) is 9.47 Å². The number of hydrogen-bond acceptors (Lipinski definition) is 10. The molecule has 1 unspecified atom stereocenters. The predicted molar refractivity (Wildman–Crippen MR) is 206 cm³/mol. The lowest BCUT2D eigenvalue weighted by Gasteiger charge is -2.33. The standard InChI is InChI=1S/C40H52F3N5O9S/c1-6-17-55-31-21-44-34(29-14-10-9-13-28(29)31)57-27-19-30-33(49)46-39(36(51)47-58(53,54)38(5)15-16-38)20-26(39)12-8-7-11-23(2)18-24(3)32(35(50)48(30)22-27)45-37(52)56-25(4)40(41,42)43/h8-10,12-14,21,23-27,30,32H,6-7,11,15-20,22H2,1-5H3,(H,45,52)(H,46,49)(H,47,51)/b12-8-/t23-,24-,25-,26?,27-,30+,32+,39-/m1/s1. The summed E-state index contributed by atoms with van der Waals surface area (Å²) in [5.41, 5.74) is -1.64. The molecular formula is C40H52F3N5O9S. The number of fused-ring (bicyclic) bond motifs is 3. The van der Waals surface area contributed by atoms with Crippen LogP contribution >= 0.6 is 0 Å². The van der Waals surface area contributed by atoms with Crippen molar-refractivity contribution in [2.24, 2.45) is 17.8 Å². The summed E-state index contributed by atoms with van der Waals surface area (Å²) in [4.78, 5) is 61.8. The van der Waals surface area contributed by atoms with Crippen LogP contribution in [0.2, 0.25) is 0 Å². The smallest absolute Gasteiger partial charge is 0.425 e. The van der Waals surface area contributed by atoms with E-state index in [-0.39, 0.29) is 31.2 Å². The maximum atomic E-state index is 14.7. The number of halogens is 3. The minimum atomic E-state index is -4.85. The first-order valence-corrected chi connectivity index (χ1v) is 21.3. The Kier molecular flexibility index (Phi) is 12.3. The zero-order valence-corrected chi connectivity index (χ0v) is 34.1. The normalized spacial score (nSPS) is 29.7. The van der Waals surface area contributed by atoms with E-state index in [1.165, 1.54) is 18.0 Å². The van der Waals surface area contributed by atoms with Crippen LogP contribution < -0.4 is 24.8 Å². The molecule has 18 heteroatoms. The average Bonchev–Trinajstić information content (AvgIpc) is 4.04. The average molecular weight is 836 g/mol. The summed E-state index contributed by atoms with van der Waals surface area (Å²) in [5.74, 6) is -2.90. The summed E-state index contributed by atoms with van der Waals surface area (Å²) >= 11 is 0. The molecule has 1 aromatic carbocycles. The fourth-order valence-electron chi connectivity index (χ4n) is 7.70. The highest BCUT2D eigenvalue weighted by Crippen LogP contribution is 2.48. The van der Waals surface area contributed by atoms with Gasteiger partial charge in [-0.25, -0.2) is 18.2 Å². The second-order valence-corrected chi connectivity index (χ2v) is 18.7. The molecule has 2 saturated carbocycles. The Labute approximate surface area is 336 Å². The van der Waals surface area contributed by atoms with Gasteiger partial charge in [0.1, 0.15) is 29.5 Å². The molecule has 4 aliphatic rings. The second kappa shape index (κ2) is 16.6. The molecule has 4 amide bonds. The first-order chi connectivity index (χ1) is 27.3. The first kappa shape index (κ1) is 43.0. The Morgan fingerprint density at radius 1 is 1.12 bits per heavy atom. The number of aromatic nitrogens is 1. The number of rotatable bonds is 10. The van der Waals surface area contributed by atoms with Gasteiger partial charge in [-0.1, -0.05) is 51.1 Å². The van der Waals surface area contributed by atoms with E-state index in [0.29, 0.717) is 56.8 Å². The van der Waals surface area contributed by atoms with Gasteiger partial charge in [-0.05, 0) is 76.7 Å². The third kappa shape index (κ3) is 9.15. The van der Waals surface area contributed by atoms with Crippen LogP contribution in [0.1, 0.15) is 86.0 Å². The Hall–Kier alpha value is -4.61. The van der Waals surface area contributed by atoms with E-state index in [1.807, 2.05) is 32.1 Å². The van der Waals surface area contributed by atoms with Crippen LogP contribution in [0.5, 0.6) is 11.6 Å². The molecule has 0 spiro atoms. The van der Waals surface area contributed by atoms with Crippen molar-refractivity contribution in [1.29, 1.82) is 0 Å². The van der Waals surface area contributed by atoms with Crippen molar-refractivity contribution in [2.75, 3.05) is 13.2 Å². The number of allylic oxidation sites excluding steroid dienone is 1. The first-order valence-electron chi connectivity index (χ1n) is 19.9. The summed E-state index contributed by atoms with van der Waals surface area (Å²) in [6.07, 6.45) is -1.39. The van der Waals surface area contributed by atoms with Gasteiger partial charge in [0.2, 0.25) is 27.7 Å². The van der Waals surface area contributed by atoms with E-state index in [2.05, 4.69) is 25.1 Å². The zero-order chi connectivity index (χ0) is 42.2. The molecule has 1 saturated heterocycles. The van der Waals surface area contributed by atoms with Crippen molar-refractivity contribution in [3.63, 3.8) is 0 Å². The molecule has 2 aliphatic heterocycles. The summed E-state index contributed by atoms with van der Waals surface area (Å²) in [6.45, 7) is 8.07. The summed E-state index contributed by atoms with van der Waals surface area (Å²) in [5, 5.41) is 6.49. The number of sulfonamides is 1. The third-order valence-corrected chi connectivity index (χ3v) is 13.9. The van der Waals surface area contributed by atoms with Crippen LogP contribution in [-0.4, -0.2) is 96.0 Å². The number of nitrogens with zero attached hydrogens (tertiary/aromatic N) is 2. The number of alkyl halides is 3. The maximum absolute atomic E-state index is 14.7. The SMILES string of the molecule is CCCOc1cnc(O[C@@H]2C[C@H]3C(=O)N[C@]4(C(=O)NS(=O)(=O)C5(C)CC5)CC4/C=C\CC[C@@H](C)C[C@@H](C)[C@H](NC(=O)O[C@H](C)C(F)(F)F)C(=O)N3C2)c2ccccc12. The van der Waals surface area contributed by atoms with Crippen LogP contribution in [0.4, 0.5) is 18.0 Å². The zero-order valence-electron chi connectivity index (χ0n) is 33.3. The number of ether oxygens (including phenoxy) is 3. The highest BCUT2D eigenvalue weighted by Gasteiger charge is 2.63. The fourth-order valence-corrected chi connectivity index (χ4v) is 9.02. The fraction of sp³-hybridized carbons (Fsp3) is 0.625. The number of hydrogen-bond donors (Lipinski definition) is 3. The molecule has 8 atom stereocenters. The van der Waals surface area contributed by atoms with Crippen molar-refractivity contribution in [3.05, 3.63) is 42.6 Å². The number of carbonyl (C=O) groups excluding carboxylic acids is 4. The summed E-state index contributed by atoms with van der Waals surface area (Å²) in [7, 11) is -4.07. The number of alkyl carbamates (subject to hydrolysis) is 1. The molecule has 3 heterocycles. The monoisotopic (exact) mass is 835 g/mol. The molecule has 58 heavy (non-hydrogen) atoms. The lowest BCUT2D eigenvalue weighted by molar-refractivity contribution is -0.197. The molecule has 1 aromatic heterocycles. The van der Waals surface area contributed by atoms with Crippen LogP contribution in [-0.2, 0) is 29.1 Å². The Bertz CT molecular complexity index is 2040. The van der Waals surface area contributed by atoms with Crippen LogP contribution in [0.25, 0.3) is 10.8 Å². The minimum absolute atomic E-state index is 0.0301. The van der Waals surface area contributed by atoms with Gasteiger partial charge in [-0.3, -0.25) is 19.1 Å². The second-order valence-electron chi connectivity index (χ2n) is 16.5. The lowest BCUT2D eigenvalue weighted by atomic mass is 9.88. The summed E-state index contributed by atoms with van der Waals surface area (Å²) in [6, 6.07) is 4.53. The highest BCUT2D eigenvalue weighted by atomic mass is 32.2. The molecule has 3 N–H and O–H groups in total. The van der Waals surface area contributed by atoms with Crippen molar-refractivity contribution >= 4 is 44.6 Å². The van der Waals surface area contributed by atoms with Crippen molar-refractivity contribution < 1.29 is 55.0 Å². The Balaban J connectivity index is 1.34. The molecule has 2 aliphatic carbocycles. The third-order valence-electron chi connectivity index (χ3n) is 11.7. The maximum Gasteiger partial charge on any atom is 0.425 e. The number of carbonyl (C=O) groups is 4. The molecule has 14 nitrogen and oxygen atoms in total. The molecule has 318 valence electrons. The van der Waals surface area contributed by atoms with Crippen LogP contribution in [0.3, 0.4) is 0 Å². The van der Waals surface area contributed by atoms with Gasteiger partial charge in [0.05, 0.1) is 24.1 Å². The number of benzene rings is 1. The van der Waals surface area contributed by atoms with E-state index < -0.39 is 86.4 Å². The van der Waals surface area contributed by atoms with Crippen LogP contribution in [0.15, 0.2) is 42.6 Å². The van der Waals surface area contributed by atoms with Gasteiger partial charge in [0, 0.05) is 23.1 Å². The molecule has 6 rings (SSSR count). The molecule has 3 fully saturated rings. The van der Waals surface area contributed by atoms with E-state index in [1.54, 1.807) is 25.1 Å². The van der Waals surface area contributed by atoms with Gasteiger partial charge < -0.3 is 29.7 Å². The number of amides is 4. The van der Waals surface area contributed by atoms with Crippen molar-refractivity contribution in [2.45, 2.75) is 127 Å². The Morgan fingerprint density at radius 3 is 2.50 bits per heavy atom. The van der Waals surface area contributed by atoms with E-state index >= 15 is 0 Å². The van der Waals surface area contributed by atoms with Gasteiger partial charge in [0.15, 0.2) is 6.10 Å². The lowest BCUT2D eigenvalue weighted by Crippen LogP contribution is -2.59. The van der Waals surface area contributed by atoms with Gasteiger partial charge >= 0.3 is 12.3 Å². The van der Waals surface area contributed by atoms with Gasteiger partial charge in [-0.2, -0.15) is 13.2 Å². The molecular weight excluding hydrogens is 784 g/mol. The van der Waals surface area contributed by atoms with Crippen molar-refractivity contribution in [1.82, 2.24) is 25.2 Å². The van der Waals surface area contributed by atoms with Crippen molar-refractivity contribution in [3.8, 4) is 11.6 Å². The quantitative estimate of drug-likeness (QED) is 0.266. The van der Waals surface area contributed by atoms with Gasteiger partial charge in [-0.15, -0.1) is 0 Å². The topological polar surface area (TPSA) is 182 Å². The molecule has 0 bridgehead atoms. The van der Waals surface area contributed by atoms with E-state index in [0.717, 1.165) is 11.8 Å². The molecule has 0 radical (unpaired) electrons. The largest absolute Gasteiger partial charge is 0.491 e. The predicted octanol–water partition coefficient (Wildman–Crippen LogP) is 5.30. The van der Waals surface area contributed by atoms with Crippen LogP contribution in [0, 0.1) is 17.8 Å². The Morgan fingerprint density at radius 2 is 1.83 bits per heavy atom. The molecule has 2 aromatic rings. The van der Waals surface area contributed by atoms with E-state index in [9.17, 15) is 40.8 Å². The minimum Gasteiger partial charge on any atom is -0.491 e. The summed E-state index contributed by atoms with van der Waals surface area (Å²) < 4.78 is 84.5. The number of nitrogens with one attached hydrogen (secondary N) is 3. The highest BCUT2D eigenvalue weighted by molar-refractivity contribution is 7.91.